The number of nitrogens with one attached hydrogen (secondary N) is 1. The summed E-state index contributed by atoms with van der Waals surface area (Å²) >= 11 is 0. The van der Waals surface area contributed by atoms with Crippen molar-refractivity contribution >= 4 is 17.3 Å². The summed E-state index contributed by atoms with van der Waals surface area (Å²) < 4.78 is 16.5. The maximum absolute atomic E-state index is 12.4. The fourth-order valence-electron chi connectivity index (χ4n) is 2.79. The molecule has 114 valence electrons. The monoisotopic (exact) mass is 292 g/mol. The number of rotatable bonds is 3. The number of hydrogen-bond donors (Lipinski definition) is 2. The average Bonchev–Trinajstić information content (AvgIpc) is 2.96. The lowest BCUT2D eigenvalue weighted by atomic mass is 9.98. The molecule has 0 aromatic heterocycles. The maximum atomic E-state index is 12.4. The van der Waals surface area contributed by atoms with Crippen LogP contribution in [0.5, 0.6) is 11.5 Å². The van der Waals surface area contributed by atoms with E-state index in [4.69, 9.17) is 19.9 Å². The van der Waals surface area contributed by atoms with Crippen molar-refractivity contribution in [3.63, 3.8) is 0 Å². The number of carbonyl (C=O) groups excluding carboxylic acids is 1. The van der Waals surface area contributed by atoms with Crippen LogP contribution in [0.1, 0.15) is 19.8 Å². The number of hydrogen-bond acceptors (Lipinski definition) is 5. The Bertz CT molecular complexity index is 547. The van der Waals surface area contributed by atoms with E-state index in [1.54, 1.807) is 12.1 Å². The number of nitrogen functional groups attached to an aromatic ring is 1. The summed E-state index contributed by atoms with van der Waals surface area (Å²) in [5.74, 6) is 1.05. The molecule has 6 nitrogen and oxygen atoms in total. The molecule has 3 rings (SSSR count). The Morgan fingerprint density at radius 2 is 2.00 bits per heavy atom. The third kappa shape index (κ3) is 2.76. The van der Waals surface area contributed by atoms with Crippen LogP contribution in [0.3, 0.4) is 0 Å². The van der Waals surface area contributed by atoms with Crippen LogP contribution in [0.4, 0.5) is 11.4 Å². The molecule has 1 saturated heterocycles. The van der Waals surface area contributed by atoms with Crippen molar-refractivity contribution in [2.75, 3.05) is 30.9 Å². The van der Waals surface area contributed by atoms with Gasteiger partial charge in [0.15, 0.2) is 11.5 Å². The van der Waals surface area contributed by atoms with E-state index in [0.717, 1.165) is 12.8 Å². The fourth-order valence-corrected chi connectivity index (χ4v) is 2.79. The molecule has 1 aromatic carbocycles. The first-order valence-corrected chi connectivity index (χ1v) is 7.30. The quantitative estimate of drug-likeness (QED) is 0.830. The van der Waals surface area contributed by atoms with Gasteiger partial charge in [-0.3, -0.25) is 4.79 Å². The predicted octanol–water partition coefficient (Wildman–Crippen LogP) is 1.79. The van der Waals surface area contributed by atoms with Gasteiger partial charge in [-0.05, 0) is 12.8 Å². The number of benzene rings is 1. The first-order chi connectivity index (χ1) is 10.2. The first-order valence-electron chi connectivity index (χ1n) is 7.30. The lowest BCUT2D eigenvalue weighted by Crippen LogP contribution is -2.29. The smallest absolute Gasteiger partial charge is 0.230 e. The third-order valence-electron chi connectivity index (χ3n) is 3.92. The number of nitrogens with two attached hydrogens (primary N) is 1. The zero-order valence-electron chi connectivity index (χ0n) is 12.1. The van der Waals surface area contributed by atoms with Crippen molar-refractivity contribution in [2.45, 2.75) is 25.9 Å². The highest BCUT2D eigenvalue weighted by Gasteiger charge is 2.33. The molecule has 1 fully saturated rings. The maximum Gasteiger partial charge on any atom is 0.230 e. The Morgan fingerprint density at radius 1 is 1.29 bits per heavy atom. The highest BCUT2D eigenvalue weighted by atomic mass is 16.6. The fraction of sp³-hybridized carbons (Fsp3) is 0.533. The zero-order valence-corrected chi connectivity index (χ0v) is 12.1. The molecule has 2 aliphatic rings. The van der Waals surface area contributed by atoms with E-state index in [2.05, 4.69) is 5.32 Å². The molecular formula is C15H20N2O4. The molecule has 3 N–H and O–H groups in total. The van der Waals surface area contributed by atoms with E-state index in [1.165, 1.54) is 0 Å². The largest absolute Gasteiger partial charge is 0.486 e. The minimum atomic E-state index is -0.123. The Balaban J connectivity index is 1.76. The van der Waals surface area contributed by atoms with Gasteiger partial charge in [0, 0.05) is 18.7 Å². The molecule has 0 saturated carbocycles. The second-order valence-corrected chi connectivity index (χ2v) is 5.29. The van der Waals surface area contributed by atoms with Gasteiger partial charge in [0.05, 0.1) is 23.4 Å². The molecule has 2 heterocycles. The van der Waals surface area contributed by atoms with Crippen LogP contribution in [-0.2, 0) is 9.53 Å². The van der Waals surface area contributed by atoms with Crippen molar-refractivity contribution in [1.29, 1.82) is 0 Å². The first kappa shape index (κ1) is 14.0. The van der Waals surface area contributed by atoms with Crippen LogP contribution < -0.4 is 20.5 Å². The van der Waals surface area contributed by atoms with E-state index in [-0.39, 0.29) is 17.9 Å². The topological polar surface area (TPSA) is 82.8 Å². The number of fused-ring (bicyclic) bond motifs is 1. The Morgan fingerprint density at radius 3 is 2.71 bits per heavy atom. The van der Waals surface area contributed by atoms with E-state index in [0.29, 0.717) is 42.7 Å². The van der Waals surface area contributed by atoms with Gasteiger partial charge in [-0.1, -0.05) is 6.92 Å². The molecule has 1 aromatic rings. The normalized spacial score (nSPS) is 23.9. The average molecular weight is 292 g/mol. The van der Waals surface area contributed by atoms with Crippen LogP contribution in [0.2, 0.25) is 0 Å². The van der Waals surface area contributed by atoms with Gasteiger partial charge in [0.2, 0.25) is 5.91 Å². The number of anilines is 2. The Labute approximate surface area is 123 Å². The van der Waals surface area contributed by atoms with Crippen LogP contribution in [0, 0.1) is 5.92 Å². The summed E-state index contributed by atoms with van der Waals surface area (Å²) in [6, 6.07) is 3.41. The van der Waals surface area contributed by atoms with Gasteiger partial charge >= 0.3 is 0 Å². The summed E-state index contributed by atoms with van der Waals surface area (Å²) in [5.41, 5.74) is 7.01. The minimum absolute atomic E-state index is 0.0107. The standard InChI is InChI=1S/C15H20N2O4/c1-2-12-9(3-4-19-12)15(18)17-11-8-14-13(7-10(11)16)20-5-6-21-14/h7-9,12H,2-6,16H2,1H3,(H,17,18). The molecular weight excluding hydrogens is 272 g/mol. The van der Waals surface area contributed by atoms with Crippen LogP contribution in [0.15, 0.2) is 12.1 Å². The van der Waals surface area contributed by atoms with Crippen molar-refractivity contribution in [2.24, 2.45) is 5.92 Å². The van der Waals surface area contributed by atoms with Crippen molar-refractivity contribution < 1.29 is 19.0 Å². The molecule has 2 atom stereocenters. The summed E-state index contributed by atoms with van der Waals surface area (Å²) in [6.45, 7) is 3.66. The summed E-state index contributed by atoms with van der Waals surface area (Å²) in [5, 5.41) is 2.89. The van der Waals surface area contributed by atoms with E-state index >= 15 is 0 Å². The molecule has 6 heteroatoms. The predicted molar refractivity (Wildman–Crippen MR) is 78.6 cm³/mol. The zero-order chi connectivity index (χ0) is 14.8. The summed E-state index contributed by atoms with van der Waals surface area (Å²) in [7, 11) is 0. The van der Waals surface area contributed by atoms with Gasteiger partial charge in [-0.2, -0.15) is 0 Å². The van der Waals surface area contributed by atoms with E-state index in [1.807, 2.05) is 6.92 Å². The van der Waals surface area contributed by atoms with Crippen LogP contribution in [-0.4, -0.2) is 31.8 Å². The van der Waals surface area contributed by atoms with Crippen molar-refractivity contribution in [3.05, 3.63) is 12.1 Å². The van der Waals surface area contributed by atoms with Gasteiger partial charge in [0.25, 0.3) is 0 Å². The highest BCUT2D eigenvalue weighted by Crippen LogP contribution is 2.37. The SMILES string of the molecule is CCC1OCCC1C(=O)Nc1cc2c(cc1N)OCCO2. The molecule has 0 bridgehead atoms. The second-order valence-electron chi connectivity index (χ2n) is 5.29. The van der Waals surface area contributed by atoms with Gasteiger partial charge < -0.3 is 25.3 Å². The van der Waals surface area contributed by atoms with Gasteiger partial charge in [-0.25, -0.2) is 0 Å². The Hall–Kier alpha value is -1.95. The van der Waals surface area contributed by atoms with Gasteiger partial charge in [0.1, 0.15) is 13.2 Å². The van der Waals surface area contributed by atoms with E-state index < -0.39 is 0 Å². The molecule has 0 aliphatic carbocycles. The van der Waals surface area contributed by atoms with Gasteiger partial charge in [-0.15, -0.1) is 0 Å². The number of ether oxygens (including phenoxy) is 3. The van der Waals surface area contributed by atoms with Crippen molar-refractivity contribution in [3.8, 4) is 11.5 Å². The third-order valence-corrected chi connectivity index (χ3v) is 3.92. The summed E-state index contributed by atoms with van der Waals surface area (Å²) in [4.78, 5) is 12.4. The second kappa shape index (κ2) is 5.81. The lowest BCUT2D eigenvalue weighted by molar-refractivity contribution is -0.121. The molecule has 21 heavy (non-hydrogen) atoms. The van der Waals surface area contributed by atoms with Crippen molar-refractivity contribution in [1.82, 2.24) is 0 Å². The summed E-state index contributed by atoms with van der Waals surface area (Å²) in [6.07, 6.45) is 1.56. The Kier molecular flexibility index (Phi) is 3.88. The van der Waals surface area contributed by atoms with Crippen LogP contribution in [0.25, 0.3) is 0 Å². The number of carbonyl (C=O) groups is 1. The molecule has 1 amide bonds. The molecule has 2 aliphatic heterocycles. The molecule has 2 unspecified atom stereocenters. The minimum Gasteiger partial charge on any atom is -0.486 e. The molecule has 0 spiro atoms. The lowest BCUT2D eigenvalue weighted by Gasteiger charge is -2.21. The highest BCUT2D eigenvalue weighted by molar-refractivity contribution is 5.96. The van der Waals surface area contributed by atoms with Crippen LogP contribution >= 0.6 is 0 Å². The number of amides is 1. The molecule has 0 radical (unpaired) electrons. The van der Waals surface area contributed by atoms with E-state index in [9.17, 15) is 4.79 Å².